The van der Waals surface area contributed by atoms with E-state index in [1.807, 2.05) is 0 Å². The van der Waals surface area contributed by atoms with E-state index < -0.39 is 5.97 Å². The average molecular weight is 203 g/mol. The number of methoxy groups -OCH3 is 1. The minimum atomic E-state index is -0.884. The number of ether oxygens (including phenoxy) is 1. The van der Waals surface area contributed by atoms with E-state index >= 15 is 0 Å². The highest BCUT2D eigenvalue weighted by atomic mass is 16.5. The highest BCUT2D eigenvalue weighted by molar-refractivity contribution is 5.87. The Morgan fingerprint density at radius 3 is 2.50 bits per heavy atom. The summed E-state index contributed by atoms with van der Waals surface area (Å²) in [7, 11) is 1.52. The van der Waals surface area contributed by atoms with Gasteiger partial charge in [-0.15, -0.1) is 0 Å². The van der Waals surface area contributed by atoms with Gasteiger partial charge in [-0.1, -0.05) is 25.8 Å². The normalized spacial score (nSPS) is 13.2. The third-order valence-electron chi connectivity index (χ3n) is 1.96. The third kappa shape index (κ3) is 5.72. The summed E-state index contributed by atoms with van der Waals surface area (Å²) >= 11 is 0. The monoisotopic (exact) mass is 203 g/mol. The summed E-state index contributed by atoms with van der Waals surface area (Å²) in [5, 5.41) is 8.83. The Balaban J connectivity index is 0. The zero-order chi connectivity index (χ0) is 10.3. The van der Waals surface area contributed by atoms with Crippen molar-refractivity contribution >= 4 is 5.97 Å². The van der Waals surface area contributed by atoms with Crippen LogP contribution < -0.4 is 6.15 Å². The molecule has 0 aliphatic carbocycles. The summed E-state index contributed by atoms with van der Waals surface area (Å²) < 4.78 is 4.96. The molecule has 0 spiro atoms. The quantitative estimate of drug-likeness (QED) is 0.513. The first-order chi connectivity index (χ1) is 6.13. The van der Waals surface area contributed by atoms with Gasteiger partial charge < -0.3 is 16.0 Å². The molecule has 0 saturated carbocycles. The van der Waals surface area contributed by atoms with E-state index in [4.69, 9.17) is 9.84 Å². The van der Waals surface area contributed by atoms with Gasteiger partial charge in [-0.05, 0) is 13.3 Å². The summed E-state index contributed by atoms with van der Waals surface area (Å²) in [5.74, 6) is -0.884. The molecular weight excluding hydrogens is 182 g/mol. The number of aliphatic carboxylic acids is 1. The summed E-state index contributed by atoms with van der Waals surface area (Å²) in [6.07, 6.45) is 4.33. The van der Waals surface area contributed by atoms with Gasteiger partial charge in [-0.2, -0.15) is 0 Å². The number of hydrogen-bond acceptors (Lipinski definition) is 3. The summed E-state index contributed by atoms with van der Waals surface area (Å²) in [6.45, 7) is 3.82. The fraction of sp³-hybridized carbons (Fsp3) is 0.700. The second-order valence-electron chi connectivity index (χ2n) is 2.98. The van der Waals surface area contributed by atoms with Crippen molar-refractivity contribution in [1.82, 2.24) is 6.15 Å². The van der Waals surface area contributed by atoms with Crippen molar-refractivity contribution in [2.24, 2.45) is 0 Å². The molecule has 1 atom stereocenters. The molecule has 0 aromatic carbocycles. The van der Waals surface area contributed by atoms with Crippen LogP contribution in [0.1, 0.15) is 33.1 Å². The topological polar surface area (TPSA) is 81.5 Å². The lowest BCUT2D eigenvalue weighted by Gasteiger charge is -2.09. The van der Waals surface area contributed by atoms with Gasteiger partial charge in [0.2, 0.25) is 0 Å². The third-order valence-corrected chi connectivity index (χ3v) is 1.96. The smallest absolute Gasteiger partial charge is 0.333 e. The van der Waals surface area contributed by atoms with Gasteiger partial charge in [-0.3, -0.25) is 0 Å². The van der Waals surface area contributed by atoms with Gasteiger partial charge in [0.05, 0.1) is 11.7 Å². The zero-order valence-corrected chi connectivity index (χ0v) is 9.25. The van der Waals surface area contributed by atoms with Gasteiger partial charge in [0, 0.05) is 7.11 Å². The van der Waals surface area contributed by atoms with Gasteiger partial charge in [0.15, 0.2) is 0 Å². The van der Waals surface area contributed by atoms with Crippen LogP contribution in [0.5, 0.6) is 0 Å². The molecule has 84 valence electrons. The Bertz CT molecular complexity index is 190. The number of hydrogen-bond donors (Lipinski definition) is 2. The first-order valence-corrected chi connectivity index (χ1v) is 4.59. The lowest BCUT2D eigenvalue weighted by Crippen LogP contribution is -2.16. The molecule has 4 nitrogen and oxygen atoms in total. The van der Waals surface area contributed by atoms with Crippen LogP contribution in [-0.2, 0) is 9.53 Å². The Labute approximate surface area is 85.5 Å². The maximum Gasteiger partial charge on any atom is 0.333 e. The first-order valence-electron chi connectivity index (χ1n) is 4.59. The number of rotatable bonds is 6. The SMILES string of the molecule is CCCCC=C(C(=O)O)C(C)OC.N. The number of carbonyl (C=O) groups is 1. The highest BCUT2D eigenvalue weighted by Crippen LogP contribution is 2.08. The Morgan fingerprint density at radius 1 is 1.57 bits per heavy atom. The molecule has 0 aliphatic heterocycles. The van der Waals surface area contributed by atoms with Crippen LogP contribution in [-0.4, -0.2) is 24.3 Å². The molecule has 0 amide bonds. The fourth-order valence-electron chi connectivity index (χ4n) is 1.02. The lowest BCUT2D eigenvalue weighted by atomic mass is 10.1. The highest BCUT2D eigenvalue weighted by Gasteiger charge is 2.14. The predicted molar refractivity (Wildman–Crippen MR) is 56.7 cm³/mol. The summed E-state index contributed by atoms with van der Waals surface area (Å²) in [6, 6.07) is 0. The molecule has 4 N–H and O–H groups in total. The molecule has 14 heavy (non-hydrogen) atoms. The van der Waals surface area contributed by atoms with Crippen molar-refractivity contribution in [3.8, 4) is 0 Å². The average Bonchev–Trinajstić information content (AvgIpc) is 2.11. The maximum atomic E-state index is 10.7. The van der Waals surface area contributed by atoms with E-state index in [2.05, 4.69) is 6.92 Å². The van der Waals surface area contributed by atoms with Gasteiger partial charge in [0.25, 0.3) is 0 Å². The molecule has 0 rings (SSSR count). The van der Waals surface area contributed by atoms with Gasteiger partial charge in [0.1, 0.15) is 0 Å². The molecule has 0 fully saturated rings. The number of unbranched alkanes of at least 4 members (excludes halogenated alkanes) is 2. The van der Waals surface area contributed by atoms with E-state index in [-0.39, 0.29) is 12.3 Å². The van der Waals surface area contributed by atoms with E-state index in [9.17, 15) is 4.79 Å². The molecule has 0 aliphatic rings. The number of carboxylic acids is 1. The van der Waals surface area contributed by atoms with E-state index in [1.54, 1.807) is 13.0 Å². The Morgan fingerprint density at radius 2 is 2.14 bits per heavy atom. The van der Waals surface area contributed by atoms with Crippen molar-refractivity contribution in [3.05, 3.63) is 11.6 Å². The first kappa shape index (κ1) is 15.6. The molecular formula is C10H21NO3. The minimum Gasteiger partial charge on any atom is -0.478 e. The van der Waals surface area contributed by atoms with Crippen LogP contribution in [0.4, 0.5) is 0 Å². The van der Waals surface area contributed by atoms with Crippen LogP contribution in [0.25, 0.3) is 0 Å². The van der Waals surface area contributed by atoms with E-state index in [0.29, 0.717) is 5.57 Å². The van der Waals surface area contributed by atoms with Crippen molar-refractivity contribution in [3.63, 3.8) is 0 Å². The molecule has 4 heteroatoms. The fourth-order valence-corrected chi connectivity index (χ4v) is 1.02. The van der Waals surface area contributed by atoms with Crippen LogP contribution in [0.3, 0.4) is 0 Å². The van der Waals surface area contributed by atoms with Crippen LogP contribution >= 0.6 is 0 Å². The second kappa shape index (κ2) is 8.72. The number of carboxylic acid groups (broad SMARTS) is 1. The van der Waals surface area contributed by atoms with Crippen LogP contribution in [0.15, 0.2) is 11.6 Å². The van der Waals surface area contributed by atoms with Gasteiger partial charge in [-0.25, -0.2) is 4.79 Å². The molecule has 0 saturated heterocycles. The standard InChI is InChI=1S/C10H18O3.H3N/c1-4-5-6-7-9(10(11)12)8(2)13-3;/h7-8H,4-6H2,1-3H3,(H,11,12);1H3. The van der Waals surface area contributed by atoms with Crippen LogP contribution in [0.2, 0.25) is 0 Å². The van der Waals surface area contributed by atoms with Crippen molar-refractivity contribution in [2.75, 3.05) is 7.11 Å². The molecule has 1 unspecified atom stereocenters. The predicted octanol–water partition coefficient (Wildman–Crippen LogP) is 2.38. The molecule has 0 bridgehead atoms. The van der Waals surface area contributed by atoms with E-state index in [1.165, 1.54) is 7.11 Å². The zero-order valence-electron chi connectivity index (χ0n) is 9.25. The Kier molecular flexibility index (Phi) is 9.71. The van der Waals surface area contributed by atoms with Gasteiger partial charge >= 0.3 is 5.97 Å². The molecule has 0 radical (unpaired) electrons. The summed E-state index contributed by atoms with van der Waals surface area (Å²) in [5.41, 5.74) is 0.357. The molecule has 0 aromatic rings. The molecule has 0 aromatic heterocycles. The maximum absolute atomic E-state index is 10.7. The second-order valence-corrected chi connectivity index (χ2v) is 2.98. The molecule has 0 heterocycles. The van der Waals surface area contributed by atoms with Crippen molar-refractivity contribution in [1.29, 1.82) is 0 Å². The Hall–Kier alpha value is -0.870. The minimum absolute atomic E-state index is 0. The summed E-state index contributed by atoms with van der Waals surface area (Å²) in [4.78, 5) is 10.7. The van der Waals surface area contributed by atoms with Crippen molar-refractivity contribution in [2.45, 2.75) is 39.2 Å². The van der Waals surface area contributed by atoms with E-state index in [0.717, 1.165) is 19.3 Å². The lowest BCUT2D eigenvalue weighted by molar-refractivity contribution is -0.133. The van der Waals surface area contributed by atoms with Crippen LogP contribution in [0, 0.1) is 0 Å². The largest absolute Gasteiger partial charge is 0.478 e. The number of allylic oxidation sites excluding steroid dienone is 1. The van der Waals surface area contributed by atoms with Crippen molar-refractivity contribution < 1.29 is 14.6 Å².